The smallest absolute Gasteiger partial charge is 0.371 e. The van der Waals surface area contributed by atoms with Gasteiger partial charge in [-0.05, 0) is 18.6 Å². The van der Waals surface area contributed by atoms with E-state index in [9.17, 15) is 4.79 Å². The van der Waals surface area contributed by atoms with E-state index in [0.717, 1.165) is 0 Å². The number of hydrogen-bond acceptors (Lipinski definition) is 4. The Morgan fingerprint density at radius 2 is 2.36 bits per heavy atom. The van der Waals surface area contributed by atoms with Gasteiger partial charge in [0, 0.05) is 0 Å². The predicted molar refractivity (Wildman–Crippen MR) is 47.5 cm³/mol. The van der Waals surface area contributed by atoms with E-state index in [2.05, 4.69) is 5.16 Å². The predicted octanol–water partition coefficient (Wildman–Crippen LogP) is 0.575. The molecule has 1 heterocycles. The molecule has 0 radical (unpaired) electrons. The molecule has 14 heavy (non-hydrogen) atoms. The summed E-state index contributed by atoms with van der Waals surface area (Å²) < 4.78 is 4.98. The molecule has 4 N–H and O–H groups in total. The standard InChI is InChI=1S/C8H10N2O4/c1-4-2-6(8(11)12)14-5(4)3-7(9)10-13/h2,13H,3H2,1H3,(H2,9,10)(H,11,12). The Morgan fingerprint density at radius 3 is 2.79 bits per heavy atom. The van der Waals surface area contributed by atoms with Crippen molar-refractivity contribution in [2.24, 2.45) is 10.9 Å². The van der Waals surface area contributed by atoms with Gasteiger partial charge >= 0.3 is 5.97 Å². The maximum Gasteiger partial charge on any atom is 0.371 e. The zero-order chi connectivity index (χ0) is 10.7. The molecule has 0 atom stereocenters. The fraction of sp³-hybridized carbons (Fsp3) is 0.250. The summed E-state index contributed by atoms with van der Waals surface area (Å²) in [5, 5.41) is 19.7. The van der Waals surface area contributed by atoms with Crippen molar-refractivity contribution in [1.82, 2.24) is 0 Å². The van der Waals surface area contributed by atoms with Crippen LogP contribution in [0.2, 0.25) is 0 Å². The quantitative estimate of drug-likeness (QED) is 0.285. The van der Waals surface area contributed by atoms with E-state index >= 15 is 0 Å². The number of aryl methyl sites for hydroxylation is 1. The molecule has 6 nitrogen and oxygen atoms in total. The summed E-state index contributed by atoms with van der Waals surface area (Å²) in [6, 6.07) is 1.39. The maximum absolute atomic E-state index is 10.5. The van der Waals surface area contributed by atoms with E-state index in [1.807, 2.05) is 0 Å². The molecule has 1 aromatic heterocycles. The minimum absolute atomic E-state index is 0.0283. The zero-order valence-corrected chi connectivity index (χ0v) is 7.52. The summed E-state index contributed by atoms with van der Waals surface area (Å²) >= 11 is 0. The lowest BCUT2D eigenvalue weighted by Crippen LogP contribution is -2.14. The van der Waals surface area contributed by atoms with Crippen molar-refractivity contribution >= 4 is 11.8 Å². The van der Waals surface area contributed by atoms with Gasteiger partial charge in [0.25, 0.3) is 0 Å². The van der Waals surface area contributed by atoms with E-state index in [1.165, 1.54) is 6.07 Å². The van der Waals surface area contributed by atoms with Gasteiger partial charge in [0.15, 0.2) is 0 Å². The van der Waals surface area contributed by atoms with Crippen LogP contribution in [0, 0.1) is 6.92 Å². The first-order chi connectivity index (χ1) is 6.54. The Balaban J connectivity index is 2.93. The largest absolute Gasteiger partial charge is 0.475 e. The molecule has 0 aliphatic rings. The molecule has 0 spiro atoms. The van der Waals surface area contributed by atoms with Crippen LogP contribution in [0.1, 0.15) is 21.9 Å². The first-order valence-corrected chi connectivity index (χ1v) is 3.83. The third-order valence-corrected chi connectivity index (χ3v) is 1.70. The second-order valence-corrected chi connectivity index (χ2v) is 2.79. The Morgan fingerprint density at radius 1 is 1.71 bits per heavy atom. The van der Waals surface area contributed by atoms with Crippen molar-refractivity contribution in [3.8, 4) is 0 Å². The molecular formula is C8H10N2O4. The van der Waals surface area contributed by atoms with Crippen molar-refractivity contribution < 1.29 is 19.5 Å². The molecule has 1 rings (SSSR count). The number of hydrogen-bond donors (Lipinski definition) is 3. The molecule has 76 valence electrons. The van der Waals surface area contributed by atoms with Crippen LogP contribution in [0.5, 0.6) is 0 Å². The van der Waals surface area contributed by atoms with Crippen LogP contribution in [-0.2, 0) is 6.42 Å². The van der Waals surface area contributed by atoms with Crippen molar-refractivity contribution in [3.05, 3.63) is 23.2 Å². The lowest BCUT2D eigenvalue weighted by molar-refractivity contribution is 0.0660. The molecule has 0 saturated carbocycles. The number of rotatable bonds is 3. The highest BCUT2D eigenvalue weighted by Gasteiger charge is 2.13. The number of nitrogens with zero attached hydrogens (tertiary/aromatic N) is 1. The van der Waals surface area contributed by atoms with Crippen LogP contribution in [0.15, 0.2) is 15.6 Å². The zero-order valence-electron chi connectivity index (χ0n) is 7.52. The molecule has 0 aliphatic heterocycles. The molecule has 0 unspecified atom stereocenters. The van der Waals surface area contributed by atoms with E-state index in [4.69, 9.17) is 20.5 Å². The maximum atomic E-state index is 10.5. The average molecular weight is 198 g/mol. The highest BCUT2D eigenvalue weighted by molar-refractivity contribution is 5.85. The van der Waals surface area contributed by atoms with Gasteiger partial charge in [-0.25, -0.2) is 4.79 Å². The van der Waals surface area contributed by atoms with Gasteiger partial charge in [-0.15, -0.1) is 0 Å². The first kappa shape index (κ1) is 10.1. The Hall–Kier alpha value is -1.98. The summed E-state index contributed by atoms with van der Waals surface area (Å²) in [5.74, 6) is -0.931. The summed E-state index contributed by atoms with van der Waals surface area (Å²) in [5.41, 5.74) is 5.91. The number of carboxylic acids is 1. The number of amidine groups is 1. The van der Waals surface area contributed by atoms with Crippen molar-refractivity contribution in [3.63, 3.8) is 0 Å². The molecule has 0 saturated heterocycles. The van der Waals surface area contributed by atoms with Gasteiger partial charge in [0.1, 0.15) is 11.6 Å². The van der Waals surface area contributed by atoms with Gasteiger partial charge in [-0.3, -0.25) is 0 Å². The van der Waals surface area contributed by atoms with Crippen LogP contribution in [0.4, 0.5) is 0 Å². The Labute approximate surface area is 79.6 Å². The van der Waals surface area contributed by atoms with Crippen LogP contribution in [0.3, 0.4) is 0 Å². The molecular weight excluding hydrogens is 188 g/mol. The molecule has 0 aliphatic carbocycles. The number of furan rings is 1. The molecule has 0 fully saturated rings. The minimum Gasteiger partial charge on any atom is -0.475 e. The third kappa shape index (κ3) is 2.03. The van der Waals surface area contributed by atoms with Crippen LogP contribution in [-0.4, -0.2) is 22.1 Å². The Bertz CT molecular complexity index is 381. The summed E-state index contributed by atoms with van der Waals surface area (Å²) in [6.07, 6.45) is 0.0929. The average Bonchev–Trinajstić information content (AvgIpc) is 2.48. The highest BCUT2D eigenvalue weighted by atomic mass is 16.4. The van der Waals surface area contributed by atoms with Gasteiger partial charge in [-0.1, -0.05) is 5.16 Å². The Kier molecular flexibility index (Phi) is 2.76. The molecule has 0 aromatic carbocycles. The van der Waals surface area contributed by atoms with Crippen LogP contribution in [0.25, 0.3) is 0 Å². The summed E-state index contributed by atoms with van der Waals surface area (Å²) in [4.78, 5) is 10.5. The lowest BCUT2D eigenvalue weighted by Gasteiger charge is -1.95. The van der Waals surface area contributed by atoms with Crippen molar-refractivity contribution in [1.29, 1.82) is 0 Å². The topological polar surface area (TPSA) is 109 Å². The number of carbonyl (C=O) groups is 1. The van der Waals surface area contributed by atoms with E-state index < -0.39 is 5.97 Å². The first-order valence-electron chi connectivity index (χ1n) is 3.83. The third-order valence-electron chi connectivity index (χ3n) is 1.70. The molecule has 6 heteroatoms. The number of carboxylic acid groups (broad SMARTS) is 1. The van der Waals surface area contributed by atoms with Crippen molar-refractivity contribution in [2.75, 3.05) is 0 Å². The van der Waals surface area contributed by atoms with Crippen molar-refractivity contribution in [2.45, 2.75) is 13.3 Å². The number of nitrogens with two attached hydrogens (primary N) is 1. The van der Waals surface area contributed by atoms with Gasteiger partial charge in [0.05, 0.1) is 6.42 Å². The summed E-state index contributed by atoms with van der Waals surface area (Å²) in [7, 11) is 0. The molecule has 1 aromatic rings. The minimum atomic E-state index is -1.14. The second kappa shape index (κ2) is 3.82. The highest BCUT2D eigenvalue weighted by Crippen LogP contribution is 2.15. The van der Waals surface area contributed by atoms with Crippen LogP contribution >= 0.6 is 0 Å². The molecule has 0 amide bonds. The van der Waals surface area contributed by atoms with Gasteiger partial charge in [-0.2, -0.15) is 0 Å². The van der Waals surface area contributed by atoms with Crippen LogP contribution < -0.4 is 5.73 Å². The monoisotopic (exact) mass is 198 g/mol. The summed E-state index contributed by atoms with van der Waals surface area (Å²) in [6.45, 7) is 1.69. The normalized spacial score (nSPS) is 11.6. The number of aromatic carboxylic acids is 1. The number of oxime groups is 1. The van der Waals surface area contributed by atoms with Gasteiger partial charge in [0.2, 0.25) is 5.76 Å². The van der Waals surface area contributed by atoms with Gasteiger partial charge < -0.3 is 20.5 Å². The lowest BCUT2D eigenvalue weighted by atomic mass is 10.2. The second-order valence-electron chi connectivity index (χ2n) is 2.79. The van der Waals surface area contributed by atoms with E-state index in [0.29, 0.717) is 11.3 Å². The van der Waals surface area contributed by atoms with E-state index in [-0.39, 0.29) is 18.0 Å². The van der Waals surface area contributed by atoms with E-state index in [1.54, 1.807) is 6.92 Å². The molecule has 0 bridgehead atoms. The SMILES string of the molecule is Cc1cc(C(=O)O)oc1C/C(N)=N/O. The fourth-order valence-corrected chi connectivity index (χ4v) is 1.00. The fourth-order valence-electron chi connectivity index (χ4n) is 1.00.